The lowest BCUT2D eigenvalue weighted by molar-refractivity contribution is -0.136. The summed E-state index contributed by atoms with van der Waals surface area (Å²) < 4.78 is 1.11. The largest absolute Gasteiger partial charge is 0.295 e. The van der Waals surface area contributed by atoms with Crippen molar-refractivity contribution in [3.8, 4) is 0 Å². The third kappa shape index (κ3) is 2.89. The Morgan fingerprint density at radius 1 is 1.24 bits per heavy atom. The number of hydrogen-bond donors (Lipinski definition) is 1. The summed E-state index contributed by atoms with van der Waals surface area (Å²) in [5, 5.41) is 7.23. The van der Waals surface area contributed by atoms with Crippen molar-refractivity contribution < 1.29 is 9.59 Å². The molecule has 2 rings (SSSR count). The highest BCUT2D eigenvalue weighted by Gasteiger charge is 2.29. The standard InChI is InChI=1S/C15H15N3O3/c1-3-5-10-9-16-18(15(21)11(10)6-4-2)12-7-8-13(19)17-14(12)20/h3-6,9,12H,1-2,7-8H2,(H,17,19,20)/b10-5-,11-6+. The summed E-state index contributed by atoms with van der Waals surface area (Å²) in [5.41, 5.74) is -0.403. The summed E-state index contributed by atoms with van der Waals surface area (Å²) in [7, 11) is 0. The van der Waals surface area contributed by atoms with Gasteiger partial charge in [-0.25, -0.2) is 4.68 Å². The van der Waals surface area contributed by atoms with Crippen LogP contribution in [0.3, 0.4) is 0 Å². The molecule has 1 fully saturated rings. The van der Waals surface area contributed by atoms with Crippen LogP contribution in [0.2, 0.25) is 0 Å². The molecule has 0 bridgehead atoms. The molecular weight excluding hydrogens is 270 g/mol. The lowest BCUT2D eigenvalue weighted by atomic mass is 10.1. The molecule has 1 aliphatic heterocycles. The van der Waals surface area contributed by atoms with Gasteiger partial charge in [-0.1, -0.05) is 31.4 Å². The maximum absolute atomic E-state index is 12.5. The van der Waals surface area contributed by atoms with E-state index in [1.807, 2.05) is 0 Å². The lowest BCUT2D eigenvalue weighted by Crippen LogP contribution is -2.51. The number of amides is 2. The summed E-state index contributed by atoms with van der Waals surface area (Å²) in [5.74, 6) is -0.843. The molecule has 0 aliphatic carbocycles. The van der Waals surface area contributed by atoms with Gasteiger partial charge in [-0.05, 0) is 12.5 Å². The lowest BCUT2D eigenvalue weighted by Gasteiger charge is -2.21. The number of piperidine rings is 1. The van der Waals surface area contributed by atoms with E-state index in [0.717, 1.165) is 4.68 Å². The fourth-order valence-electron chi connectivity index (χ4n) is 2.18. The molecule has 2 heterocycles. The Hall–Kier alpha value is -2.76. The number of aromatic nitrogens is 2. The minimum atomic E-state index is -0.773. The van der Waals surface area contributed by atoms with Crippen molar-refractivity contribution in [3.05, 3.63) is 52.3 Å². The van der Waals surface area contributed by atoms with E-state index >= 15 is 0 Å². The van der Waals surface area contributed by atoms with Crippen molar-refractivity contribution in [3.63, 3.8) is 0 Å². The minimum absolute atomic E-state index is 0.186. The average Bonchev–Trinajstić information content (AvgIpc) is 2.44. The van der Waals surface area contributed by atoms with Crippen LogP contribution in [0.15, 0.2) is 36.3 Å². The first-order valence-corrected chi connectivity index (χ1v) is 6.45. The Morgan fingerprint density at radius 2 is 1.95 bits per heavy atom. The Balaban J connectivity index is 2.63. The summed E-state index contributed by atoms with van der Waals surface area (Å²) in [4.78, 5) is 35.5. The van der Waals surface area contributed by atoms with Crippen LogP contribution in [-0.2, 0) is 9.59 Å². The molecule has 1 aliphatic rings. The first-order chi connectivity index (χ1) is 10.1. The van der Waals surface area contributed by atoms with E-state index < -0.39 is 17.5 Å². The van der Waals surface area contributed by atoms with Crippen LogP contribution in [-0.4, -0.2) is 21.6 Å². The quantitative estimate of drug-likeness (QED) is 0.734. The van der Waals surface area contributed by atoms with E-state index in [1.165, 1.54) is 12.3 Å². The molecule has 1 unspecified atom stereocenters. The molecule has 2 amide bonds. The first-order valence-electron chi connectivity index (χ1n) is 6.45. The highest BCUT2D eigenvalue weighted by molar-refractivity contribution is 5.99. The van der Waals surface area contributed by atoms with Gasteiger partial charge in [0, 0.05) is 11.6 Å². The molecular formula is C15H15N3O3. The number of allylic oxidation sites excluding steroid dienone is 2. The molecule has 1 aromatic heterocycles. The van der Waals surface area contributed by atoms with Crippen molar-refractivity contribution in [2.45, 2.75) is 18.9 Å². The molecule has 108 valence electrons. The van der Waals surface area contributed by atoms with Gasteiger partial charge in [0.05, 0.1) is 11.4 Å². The van der Waals surface area contributed by atoms with Crippen LogP contribution < -0.4 is 21.3 Å². The van der Waals surface area contributed by atoms with Gasteiger partial charge in [-0.15, -0.1) is 0 Å². The first kappa shape index (κ1) is 14.6. The predicted octanol–water partition coefficient (Wildman–Crippen LogP) is -0.846. The van der Waals surface area contributed by atoms with Gasteiger partial charge < -0.3 is 0 Å². The minimum Gasteiger partial charge on any atom is -0.295 e. The normalized spacial score (nSPS) is 20.3. The SMILES string of the molecule is C=C/C=c1/cnn(C2CCC(=O)NC2=O)c(=O)/c1=C/C=C. The van der Waals surface area contributed by atoms with Crippen LogP contribution in [0, 0.1) is 0 Å². The van der Waals surface area contributed by atoms with E-state index in [0.29, 0.717) is 10.4 Å². The summed E-state index contributed by atoms with van der Waals surface area (Å²) in [6.45, 7) is 7.16. The van der Waals surface area contributed by atoms with Crippen molar-refractivity contribution in [2.24, 2.45) is 0 Å². The Labute approximate surface area is 120 Å². The van der Waals surface area contributed by atoms with E-state index in [1.54, 1.807) is 18.2 Å². The average molecular weight is 285 g/mol. The third-order valence-corrected chi connectivity index (χ3v) is 3.16. The molecule has 1 aromatic rings. The predicted molar refractivity (Wildman–Crippen MR) is 78.5 cm³/mol. The molecule has 0 radical (unpaired) electrons. The monoisotopic (exact) mass is 285 g/mol. The zero-order valence-electron chi connectivity index (χ0n) is 11.4. The van der Waals surface area contributed by atoms with E-state index in [4.69, 9.17) is 0 Å². The van der Waals surface area contributed by atoms with Gasteiger partial charge in [0.1, 0.15) is 6.04 Å². The summed E-state index contributed by atoms with van der Waals surface area (Å²) >= 11 is 0. The van der Waals surface area contributed by atoms with E-state index in [-0.39, 0.29) is 18.7 Å². The molecule has 1 N–H and O–H groups in total. The number of nitrogens with one attached hydrogen (secondary N) is 1. The van der Waals surface area contributed by atoms with Gasteiger partial charge in [-0.3, -0.25) is 19.7 Å². The van der Waals surface area contributed by atoms with Gasteiger partial charge in [0.25, 0.3) is 11.5 Å². The number of nitrogens with zero attached hydrogens (tertiary/aromatic N) is 2. The fourth-order valence-corrected chi connectivity index (χ4v) is 2.18. The molecule has 0 saturated carbocycles. The molecule has 0 aromatic carbocycles. The number of rotatable bonds is 3. The molecule has 0 spiro atoms. The highest BCUT2D eigenvalue weighted by Crippen LogP contribution is 2.14. The second-order valence-electron chi connectivity index (χ2n) is 4.53. The molecule has 6 nitrogen and oxygen atoms in total. The second-order valence-corrected chi connectivity index (χ2v) is 4.53. The second kappa shape index (κ2) is 6.13. The molecule has 6 heteroatoms. The zero-order valence-corrected chi connectivity index (χ0v) is 11.4. The van der Waals surface area contributed by atoms with Crippen molar-refractivity contribution in [1.29, 1.82) is 0 Å². The zero-order chi connectivity index (χ0) is 15.4. The molecule has 21 heavy (non-hydrogen) atoms. The van der Waals surface area contributed by atoms with Crippen LogP contribution in [0.4, 0.5) is 0 Å². The van der Waals surface area contributed by atoms with Crippen molar-refractivity contribution in [1.82, 2.24) is 15.1 Å². The number of carbonyl (C=O) groups excluding carboxylic acids is 2. The van der Waals surface area contributed by atoms with Crippen molar-refractivity contribution >= 4 is 24.0 Å². The van der Waals surface area contributed by atoms with Gasteiger partial charge in [0.15, 0.2) is 0 Å². The number of hydrogen-bond acceptors (Lipinski definition) is 4. The molecule has 1 saturated heterocycles. The fraction of sp³-hybridized carbons (Fsp3) is 0.200. The molecule has 1 atom stereocenters. The summed E-state index contributed by atoms with van der Waals surface area (Å²) in [6, 6.07) is -0.773. The third-order valence-electron chi connectivity index (χ3n) is 3.16. The van der Waals surface area contributed by atoms with E-state index in [9.17, 15) is 14.4 Å². The van der Waals surface area contributed by atoms with Gasteiger partial charge in [0.2, 0.25) is 5.91 Å². The van der Waals surface area contributed by atoms with Crippen LogP contribution in [0.5, 0.6) is 0 Å². The Morgan fingerprint density at radius 3 is 2.57 bits per heavy atom. The van der Waals surface area contributed by atoms with Crippen molar-refractivity contribution in [2.75, 3.05) is 0 Å². The Bertz CT molecular complexity index is 789. The topological polar surface area (TPSA) is 81.1 Å². The number of carbonyl (C=O) groups is 2. The van der Waals surface area contributed by atoms with Gasteiger partial charge in [-0.2, -0.15) is 5.10 Å². The summed E-state index contributed by atoms with van der Waals surface area (Å²) in [6.07, 6.45) is 8.18. The van der Waals surface area contributed by atoms with E-state index in [2.05, 4.69) is 23.6 Å². The highest BCUT2D eigenvalue weighted by atomic mass is 16.2. The maximum atomic E-state index is 12.5. The smallest absolute Gasteiger partial charge is 0.275 e. The Kier molecular flexibility index (Phi) is 4.27. The van der Waals surface area contributed by atoms with Crippen LogP contribution >= 0.6 is 0 Å². The van der Waals surface area contributed by atoms with Gasteiger partial charge >= 0.3 is 0 Å². The van der Waals surface area contributed by atoms with Crippen LogP contribution in [0.25, 0.3) is 12.2 Å². The number of imide groups is 1. The maximum Gasteiger partial charge on any atom is 0.275 e. The van der Waals surface area contributed by atoms with Crippen LogP contribution in [0.1, 0.15) is 18.9 Å².